The van der Waals surface area contributed by atoms with Crippen LogP contribution in [0.5, 0.6) is 0 Å². The number of hydrogen-bond donors (Lipinski definition) is 1. The Morgan fingerprint density at radius 3 is 2.56 bits per heavy atom. The van der Waals surface area contributed by atoms with Gasteiger partial charge in [-0.25, -0.2) is 0 Å². The van der Waals surface area contributed by atoms with Gasteiger partial charge in [-0.1, -0.05) is 0 Å². The Hall–Kier alpha value is -0.120. The van der Waals surface area contributed by atoms with Crippen molar-refractivity contribution < 1.29 is 4.74 Å². The molecule has 0 aromatic carbocycles. The molecule has 3 heteroatoms. The topological polar surface area (TPSA) is 24.5 Å². The van der Waals surface area contributed by atoms with E-state index in [-0.39, 0.29) is 0 Å². The summed E-state index contributed by atoms with van der Waals surface area (Å²) in [5.74, 6) is 0. The molecule has 1 unspecified atom stereocenters. The van der Waals surface area contributed by atoms with Gasteiger partial charge in [0, 0.05) is 31.3 Å². The molecule has 1 saturated carbocycles. The van der Waals surface area contributed by atoms with E-state index in [1.165, 1.54) is 38.6 Å². The van der Waals surface area contributed by atoms with Crippen LogP contribution in [-0.4, -0.2) is 49.8 Å². The van der Waals surface area contributed by atoms with Gasteiger partial charge in [-0.05, 0) is 52.6 Å². The highest BCUT2D eigenvalue weighted by atomic mass is 16.5. The lowest BCUT2D eigenvalue weighted by molar-refractivity contribution is 0.0300. The minimum atomic E-state index is 0.689. The van der Waals surface area contributed by atoms with E-state index in [9.17, 15) is 0 Å². The van der Waals surface area contributed by atoms with Crippen molar-refractivity contribution >= 4 is 0 Å². The fraction of sp³-hybridized carbons (Fsp3) is 1.00. The lowest BCUT2D eigenvalue weighted by Gasteiger charge is -2.35. The Kier molecular flexibility index (Phi) is 4.62. The van der Waals surface area contributed by atoms with Crippen molar-refractivity contribution in [3.8, 4) is 0 Å². The fourth-order valence-electron chi connectivity index (χ4n) is 2.44. The molecule has 1 N–H and O–H groups in total. The number of nitrogens with zero attached hydrogens (tertiary/aromatic N) is 1. The molecule has 1 heterocycles. The summed E-state index contributed by atoms with van der Waals surface area (Å²) in [5.41, 5.74) is 0. The van der Waals surface area contributed by atoms with E-state index < -0.39 is 0 Å². The van der Waals surface area contributed by atoms with E-state index in [4.69, 9.17) is 4.74 Å². The first-order valence-corrected chi connectivity index (χ1v) is 6.80. The highest BCUT2D eigenvalue weighted by Crippen LogP contribution is 2.19. The van der Waals surface area contributed by atoms with Crippen molar-refractivity contribution in [3.05, 3.63) is 0 Å². The van der Waals surface area contributed by atoms with Crippen LogP contribution in [0, 0.1) is 0 Å². The molecule has 1 saturated heterocycles. The third kappa shape index (κ3) is 3.72. The standard InChI is InChI=1S/C13H26N2O/c1-11(5-8-14-12-3-4-12)15(2)13-6-9-16-10-7-13/h11-14H,3-10H2,1-2H3. The molecular formula is C13H26N2O. The Balaban J connectivity index is 1.63. The van der Waals surface area contributed by atoms with Gasteiger partial charge in [0.1, 0.15) is 0 Å². The summed E-state index contributed by atoms with van der Waals surface area (Å²) in [5, 5.41) is 3.59. The normalized spacial score (nSPS) is 24.9. The van der Waals surface area contributed by atoms with Crippen molar-refractivity contribution in [2.45, 2.75) is 57.2 Å². The minimum absolute atomic E-state index is 0.689. The van der Waals surface area contributed by atoms with Crippen LogP contribution in [0.1, 0.15) is 39.0 Å². The lowest BCUT2D eigenvalue weighted by atomic mass is 10.0. The van der Waals surface area contributed by atoms with Crippen molar-refractivity contribution in [2.24, 2.45) is 0 Å². The van der Waals surface area contributed by atoms with Crippen LogP contribution in [0.25, 0.3) is 0 Å². The van der Waals surface area contributed by atoms with Crippen molar-refractivity contribution in [1.29, 1.82) is 0 Å². The predicted molar refractivity (Wildman–Crippen MR) is 66.7 cm³/mol. The van der Waals surface area contributed by atoms with E-state index in [0.717, 1.165) is 25.3 Å². The second kappa shape index (κ2) is 5.99. The van der Waals surface area contributed by atoms with E-state index in [1.807, 2.05) is 0 Å². The minimum Gasteiger partial charge on any atom is -0.381 e. The molecule has 2 rings (SSSR count). The molecule has 94 valence electrons. The molecule has 0 aromatic heterocycles. The maximum absolute atomic E-state index is 5.41. The Morgan fingerprint density at radius 2 is 1.94 bits per heavy atom. The number of rotatable bonds is 6. The Bertz CT molecular complexity index is 200. The first-order valence-electron chi connectivity index (χ1n) is 6.80. The van der Waals surface area contributed by atoms with Crippen molar-refractivity contribution in [3.63, 3.8) is 0 Å². The van der Waals surface area contributed by atoms with Gasteiger partial charge in [-0.15, -0.1) is 0 Å². The van der Waals surface area contributed by atoms with Gasteiger partial charge >= 0.3 is 0 Å². The second-order valence-corrected chi connectivity index (χ2v) is 5.38. The molecule has 2 aliphatic rings. The highest BCUT2D eigenvalue weighted by Gasteiger charge is 2.23. The average Bonchev–Trinajstić information content (AvgIpc) is 3.13. The summed E-state index contributed by atoms with van der Waals surface area (Å²) < 4.78 is 5.41. The fourth-order valence-corrected chi connectivity index (χ4v) is 2.44. The smallest absolute Gasteiger partial charge is 0.0480 e. The van der Waals surface area contributed by atoms with Crippen LogP contribution in [0.4, 0.5) is 0 Å². The summed E-state index contributed by atoms with van der Waals surface area (Å²) in [6, 6.07) is 2.28. The second-order valence-electron chi connectivity index (χ2n) is 5.38. The average molecular weight is 226 g/mol. The van der Waals surface area contributed by atoms with E-state index in [0.29, 0.717) is 6.04 Å². The summed E-state index contributed by atoms with van der Waals surface area (Å²) in [4.78, 5) is 2.55. The highest BCUT2D eigenvalue weighted by molar-refractivity contribution is 4.82. The Morgan fingerprint density at radius 1 is 1.25 bits per heavy atom. The molecule has 0 bridgehead atoms. The SMILES string of the molecule is CC(CCNC1CC1)N(C)C1CCOCC1. The number of hydrogen-bond acceptors (Lipinski definition) is 3. The van der Waals surface area contributed by atoms with E-state index >= 15 is 0 Å². The molecule has 1 aliphatic carbocycles. The number of nitrogens with one attached hydrogen (secondary N) is 1. The summed E-state index contributed by atoms with van der Waals surface area (Å²) in [7, 11) is 2.28. The first-order chi connectivity index (χ1) is 7.77. The van der Waals surface area contributed by atoms with Crippen molar-refractivity contribution in [2.75, 3.05) is 26.8 Å². The molecule has 1 aliphatic heterocycles. The molecule has 0 amide bonds. The molecule has 2 fully saturated rings. The number of ether oxygens (including phenoxy) is 1. The first kappa shape index (κ1) is 12.3. The van der Waals surface area contributed by atoms with Gasteiger partial charge in [-0.3, -0.25) is 0 Å². The van der Waals surface area contributed by atoms with Crippen LogP contribution >= 0.6 is 0 Å². The molecule has 0 radical (unpaired) electrons. The maximum atomic E-state index is 5.41. The van der Waals surface area contributed by atoms with Crippen molar-refractivity contribution in [1.82, 2.24) is 10.2 Å². The predicted octanol–water partition coefficient (Wildman–Crippen LogP) is 1.63. The lowest BCUT2D eigenvalue weighted by Crippen LogP contribution is -2.43. The van der Waals surface area contributed by atoms with Crippen LogP contribution < -0.4 is 5.32 Å². The van der Waals surface area contributed by atoms with E-state index in [2.05, 4.69) is 24.2 Å². The third-order valence-electron chi connectivity index (χ3n) is 4.03. The van der Waals surface area contributed by atoms with Crippen LogP contribution in [0.15, 0.2) is 0 Å². The van der Waals surface area contributed by atoms with Gasteiger partial charge in [0.2, 0.25) is 0 Å². The molecule has 3 nitrogen and oxygen atoms in total. The van der Waals surface area contributed by atoms with Gasteiger partial charge in [0.05, 0.1) is 0 Å². The summed E-state index contributed by atoms with van der Waals surface area (Å²) >= 11 is 0. The summed E-state index contributed by atoms with van der Waals surface area (Å²) in [6.45, 7) is 5.42. The molecule has 0 spiro atoms. The molecule has 16 heavy (non-hydrogen) atoms. The quantitative estimate of drug-likeness (QED) is 0.745. The molecular weight excluding hydrogens is 200 g/mol. The largest absolute Gasteiger partial charge is 0.381 e. The molecule has 0 aromatic rings. The van der Waals surface area contributed by atoms with Crippen LogP contribution in [0.3, 0.4) is 0 Å². The Labute approximate surface area is 99.5 Å². The monoisotopic (exact) mass is 226 g/mol. The third-order valence-corrected chi connectivity index (χ3v) is 4.03. The van der Waals surface area contributed by atoms with Crippen LogP contribution in [-0.2, 0) is 4.74 Å². The van der Waals surface area contributed by atoms with Crippen LogP contribution in [0.2, 0.25) is 0 Å². The van der Waals surface area contributed by atoms with Gasteiger partial charge in [-0.2, -0.15) is 0 Å². The zero-order valence-corrected chi connectivity index (χ0v) is 10.7. The van der Waals surface area contributed by atoms with E-state index in [1.54, 1.807) is 0 Å². The van der Waals surface area contributed by atoms with Gasteiger partial charge < -0.3 is 15.0 Å². The zero-order valence-electron chi connectivity index (χ0n) is 10.7. The zero-order chi connectivity index (χ0) is 11.4. The van der Waals surface area contributed by atoms with Gasteiger partial charge in [0.25, 0.3) is 0 Å². The van der Waals surface area contributed by atoms with Gasteiger partial charge in [0.15, 0.2) is 0 Å². The summed E-state index contributed by atoms with van der Waals surface area (Å²) in [6.07, 6.45) is 6.46. The maximum Gasteiger partial charge on any atom is 0.0480 e. The molecule has 1 atom stereocenters.